The highest BCUT2D eigenvalue weighted by molar-refractivity contribution is 7.89. The molecule has 150 valence electrons. The minimum atomic E-state index is -3.83. The van der Waals surface area contributed by atoms with Gasteiger partial charge in [-0.15, -0.1) is 0 Å². The average Bonchev–Trinajstić information content (AvgIpc) is 2.66. The van der Waals surface area contributed by atoms with Crippen LogP contribution < -0.4 is 14.9 Å². The molecule has 1 atom stereocenters. The Labute approximate surface area is 165 Å². The van der Waals surface area contributed by atoms with Crippen LogP contribution in [0.1, 0.15) is 25.0 Å². The number of aryl methyl sites for hydroxylation is 1. The molecule has 0 fully saturated rings. The van der Waals surface area contributed by atoms with Gasteiger partial charge in [0.15, 0.2) is 0 Å². The molecule has 0 bridgehead atoms. The molecule has 7 nitrogen and oxygen atoms in total. The highest BCUT2D eigenvalue weighted by Crippen LogP contribution is 2.13. The van der Waals surface area contributed by atoms with Crippen LogP contribution in [0.15, 0.2) is 58.5 Å². The zero-order valence-electron chi connectivity index (χ0n) is 16.3. The number of ether oxygens (including phenoxy) is 1. The van der Waals surface area contributed by atoms with Gasteiger partial charge in [-0.2, -0.15) is 9.82 Å². The molecule has 0 aliphatic rings. The van der Waals surface area contributed by atoms with Crippen molar-refractivity contribution in [1.82, 2.24) is 10.1 Å². The van der Waals surface area contributed by atoms with Gasteiger partial charge in [-0.3, -0.25) is 4.79 Å². The number of nitrogens with zero attached hydrogens (tertiary/aromatic N) is 1. The fourth-order valence-electron chi connectivity index (χ4n) is 2.37. The van der Waals surface area contributed by atoms with E-state index in [9.17, 15) is 13.2 Å². The van der Waals surface area contributed by atoms with E-state index in [0.717, 1.165) is 11.1 Å². The molecule has 0 spiro atoms. The van der Waals surface area contributed by atoms with Crippen LogP contribution in [0.4, 0.5) is 0 Å². The Kier molecular flexibility index (Phi) is 7.31. The number of amides is 1. The van der Waals surface area contributed by atoms with E-state index in [2.05, 4.69) is 15.2 Å². The summed E-state index contributed by atoms with van der Waals surface area (Å²) in [4.78, 5) is 12.6. The molecule has 0 heterocycles. The molecule has 0 unspecified atom stereocenters. The minimum Gasteiger partial charge on any atom is -0.497 e. The van der Waals surface area contributed by atoms with E-state index >= 15 is 0 Å². The maximum atomic E-state index is 12.6. The lowest BCUT2D eigenvalue weighted by Gasteiger charge is -2.20. The zero-order chi connectivity index (χ0) is 20.7. The van der Waals surface area contributed by atoms with Crippen molar-refractivity contribution in [1.29, 1.82) is 0 Å². The Bertz CT molecular complexity index is 921. The van der Waals surface area contributed by atoms with Crippen molar-refractivity contribution in [3.63, 3.8) is 0 Å². The maximum absolute atomic E-state index is 12.6. The number of hydrogen-bond acceptors (Lipinski definition) is 5. The van der Waals surface area contributed by atoms with Crippen LogP contribution in [0, 0.1) is 12.8 Å². The highest BCUT2D eigenvalue weighted by Gasteiger charge is 2.28. The van der Waals surface area contributed by atoms with Crippen molar-refractivity contribution in [3.05, 3.63) is 59.7 Å². The molecule has 0 saturated carbocycles. The summed E-state index contributed by atoms with van der Waals surface area (Å²) in [6.07, 6.45) is 1.48. The van der Waals surface area contributed by atoms with E-state index in [1.165, 1.54) is 18.3 Å². The van der Waals surface area contributed by atoms with Crippen LogP contribution in [-0.2, 0) is 14.8 Å². The zero-order valence-corrected chi connectivity index (χ0v) is 17.2. The molecule has 2 aromatic carbocycles. The van der Waals surface area contributed by atoms with Crippen molar-refractivity contribution >= 4 is 22.1 Å². The third kappa shape index (κ3) is 5.90. The molecule has 28 heavy (non-hydrogen) atoms. The summed E-state index contributed by atoms with van der Waals surface area (Å²) in [6, 6.07) is 12.6. The minimum absolute atomic E-state index is 0.110. The lowest BCUT2D eigenvalue weighted by Crippen LogP contribution is -2.48. The summed E-state index contributed by atoms with van der Waals surface area (Å²) in [5.74, 6) is -0.0848. The van der Waals surface area contributed by atoms with Crippen molar-refractivity contribution in [2.24, 2.45) is 11.0 Å². The van der Waals surface area contributed by atoms with Gasteiger partial charge in [0, 0.05) is 0 Å². The molecular formula is C20H25N3O4S. The molecule has 8 heteroatoms. The van der Waals surface area contributed by atoms with Gasteiger partial charge in [0.25, 0.3) is 5.91 Å². The lowest BCUT2D eigenvalue weighted by molar-refractivity contribution is -0.123. The van der Waals surface area contributed by atoms with E-state index in [1.807, 2.05) is 6.92 Å². The first kappa shape index (κ1) is 21.6. The number of hydrazone groups is 1. The first-order valence-electron chi connectivity index (χ1n) is 8.79. The number of carbonyl (C=O) groups excluding carboxylic acids is 1. The Balaban J connectivity index is 2.06. The second kappa shape index (κ2) is 9.48. The summed E-state index contributed by atoms with van der Waals surface area (Å²) in [6.45, 7) is 5.39. The van der Waals surface area contributed by atoms with Gasteiger partial charge in [0.2, 0.25) is 10.0 Å². The number of nitrogens with one attached hydrogen (secondary N) is 2. The van der Waals surface area contributed by atoms with Gasteiger partial charge in [0.1, 0.15) is 11.8 Å². The number of rotatable bonds is 8. The van der Waals surface area contributed by atoms with Crippen molar-refractivity contribution in [2.75, 3.05) is 7.11 Å². The number of methoxy groups -OCH3 is 1. The summed E-state index contributed by atoms with van der Waals surface area (Å²) >= 11 is 0. The normalized spacial score (nSPS) is 12.9. The van der Waals surface area contributed by atoms with Crippen LogP contribution >= 0.6 is 0 Å². The largest absolute Gasteiger partial charge is 0.497 e. The molecule has 0 radical (unpaired) electrons. The molecule has 2 rings (SSSR count). The second-order valence-electron chi connectivity index (χ2n) is 6.66. The Morgan fingerprint density at radius 2 is 1.68 bits per heavy atom. The fraction of sp³-hybridized carbons (Fsp3) is 0.300. The van der Waals surface area contributed by atoms with Crippen molar-refractivity contribution < 1.29 is 17.9 Å². The predicted molar refractivity (Wildman–Crippen MR) is 109 cm³/mol. The maximum Gasteiger partial charge on any atom is 0.258 e. The smallest absolute Gasteiger partial charge is 0.258 e. The molecule has 0 aliphatic heterocycles. The fourth-order valence-corrected chi connectivity index (χ4v) is 3.72. The van der Waals surface area contributed by atoms with Gasteiger partial charge in [-0.05, 0) is 54.8 Å². The summed E-state index contributed by atoms with van der Waals surface area (Å²) in [7, 11) is -2.25. The molecule has 0 aromatic heterocycles. The molecule has 0 saturated heterocycles. The third-order valence-corrected chi connectivity index (χ3v) is 5.52. The van der Waals surface area contributed by atoms with Crippen LogP contribution in [0.3, 0.4) is 0 Å². The van der Waals surface area contributed by atoms with E-state index in [0.29, 0.717) is 5.75 Å². The van der Waals surface area contributed by atoms with Gasteiger partial charge in [0.05, 0.1) is 18.2 Å². The van der Waals surface area contributed by atoms with Crippen molar-refractivity contribution in [2.45, 2.75) is 31.7 Å². The van der Waals surface area contributed by atoms with Crippen LogP contribution in [0.25, 0.3) is 0 Å². The monoisotopic (exact) mass is 403 g/mol. The van der Waals surface area contributed by atoms with Gasteiger partial charge in [-0.1, -0.05) is 31.5 Å². The van der Waals surface area contributed by atoms with Gasteiger partial charge in [-0.25, -0.2) is 13.8 Å². The van der Waals surface area contributed by atoms with Crippen molar-refractivity contribution in [3.8, 4) is 5.75 Å². The molecule has 2 aromatic rings. The van der Waals surface area contributed by atoms with Crippen LogP contribution in [0.5, 0.6) is 5.75 Å². The van der Waals surface area contributed by atoms with E-state index in [1.54, 1.807) is 57.4 Å². The van der Waals surface area contributed by atoms with Crippen LogP contribution in [0.2, 0.25) is 0 Å². The van der Waals surface area contributed by atoms with Gasteiger partial charge < -0.3 is 4.74 Å². The number of hydrogen-bond donors (Lipinski definition) is 2. The Morgan fingerprint density at radius 3 is 2.21 bits per heavy atom. The third-order valence-electron chi connectivity index (χ3n) is 4.07. The molecular weight excluding hydrogens is 378 g/mol. The van der Waals surface area contributed by atoms with E-state index < -0.39 is 22.0 Å². The first-order valence-corrected chi connectivity index (χ1v) is 10.3. The number of benzene rings is 2. The topological polar surface area (TPSA) is 96.9 Å². The second-order valence-corrected chi connectivity index (χ2v) is 8.38. The Morgan fingerprint density at radius 1 is 1.07 bits per heavy atom. The lowest BCUT2D eigenvalue weighted by atomic mass is 10.1. The standard InChI is InChI=1S/C20H25N3O4S/c1-14(2)19(23-28(25,26)18-11-5-15(3)6-12-18)20(24)22-21-13-16-7-9-17(27-4)10-8-16/h5-14,19,23H,1-4H3,(H,22,24)/b21-13-/t19-/m1/s1. The highest BCUT2D eigenvalue weighted by atomic mass is 32.2. The molecule has 1 amide bonds. The SMILES string of the molecule is COc1ccc(/C=N\NC(=O)[C@H](NS(=O)(=O)c2ccc(C)cc2)C(C)C)cc1. The summed E-state index contributed by atoms with van der Waals surface area (Å²) in [5, 5.41) is 3.91. The number of carbonyl (C=O) groups is 1. The summed E-state index contributed by atoms with van der Waals surface area (Å²) < 4.78 is 32.7. The molecule has 2 N–H and O–H groups in total. The quantitative estimate of drug-likeness (QED) is 0.523. The van der Waals surface area contributed by atoms with Gasteiger partial charge >= 0.3 is 0 Å². The van der Waals surface area contributed by atoms with E-state index in [-0.39, 0.29) is 10.8 Å². The Hall–Kier alpha value is -2.71. The van der Waals surface area contributed by atoms with Crippen LogP contribution in [-0.4, -0.2) is 33.7 Å². The predicted octanol–water partition coefficient (Wildman–Crippen LogP) is 2.46. The first-order chi connectivity index (χ1) is 13.2. The number of sulfonamides is 1. The summed E-state index contributed by atoms with van der Waals surface area (Å²) in [5.41, 5.74) is 4.11. The average molecular weight is 404 g/mol. The van der Waals surface area contributed by atoms with E-state index in [4.69, 9.17) is 4.74 Å². The molecule has 0 aliphatic carbocycles.